The maximum atomic E-state index is 14.1. The number of nitrogens with zero attached hydrogens (tertiary/aromatic N) is 3. The molecule has 118 valence electrons. The number of halogens is 2. The molecule has 1 heterocycles. The van der Waals surface area contributed by atoms with E-state index < -0.39 is 26.9 Å². The fraction of sp³-hybridized carbons (Fsp3) is 0.308. The number of thioether (sulfide) groups is 1. The third-order valence-corrected chi connectivity index (χ3v) is 4.48. The molecule has 9 heteroatoms. The molecular formula is C13H13F2N3O2S2. The van der Waals surface area contributed by atoms with Gasteiger partial charge in [0.15, 0.2) is 0 Å². The van der Waals surface area contributed by atoms with Gasteiger partial charge >= 0.3 is 0 Å². The highest BCUT2D eigenvalue weighted by molar-refractivity contribution is 8.32. The molecule has 0 saturated heterocycles. The Morgan fingerprint density at radius 3 is 2.82 bits per heavy atom. The van der Waals surface area contributed by atoms with E-state index in [1.54, 1.807) is 6.92 Å². The van der Waals surface area contributed by atoms with E-state index in [-0.39, 0.29) is 12.1 Å². The fourth-order valence-corrected chi connectivity index (χ4v) is 3.26. The SMILES string of the molecule is CC(SC(=O)S)C(O)(Cn1cncn1)c1ccc(F)cc1F. The van der Waals surface area contributed by atoms with Gasteiger partial charge in [0, 0.05) is 16.9 Å². The van der Waals surface area contributed by atoms with Crippen LogP contribution in [0.15, 0.2) is 30.9 Å². The van der Waals surface area contributed by atoms with Crippen molar-refractivity contribution in [3.8, 4) is 0 Å². The second-order valence-electron chi connectivity index (χ2n) is 4.67. The Morgan fingerprint density at radius 1 is 1.55 bits per heavy atom. The summed E-state index contributed by atoms with van der Waals surface area (Å²) in [6.45, 7) is 1.41. The van der Waals surface area contributed by atoms with Crippen LogP contribution in [0.4, 0.5) is 13.6 Å². The van der Waals surface area contributed by atoms with Crippen LogP contribution >= 0.6 is 24.4 Å². The van der Waals surface area contributed by atoms with E-state index in [1.165, 1.54) is 17.3 Å². The van der Waals surface area contributed by atoms with E-state index >= 15 is 0 Å². The lowest BCUT2D eigenvalue weighted by molar-refractivity contribution is 0.0135. The summed E-state index contributed by atoms with van der Waals surface area (Å²) in [6.07, 6.45) is 2.62. The van der Waals surface area contributed by atoms with Crippen molar-refractivity contribution in [2.75, 3.05) is 0 Å². The second kappa shape index (κ2) is 6.76. The average molecular weight is 345 g/mol. The van der Waals surface area contributed by atoms with E-state index in [4.69, 9.17) is 0 Å². The molecule has 1 aromatic heterocycles. The summed E-state index contributed by atoms with van der Waals surface area (Å²) in [6, 6.07) is 2.88. The minimum atomic E-state index is -1.80. The van der Waals surface area contributed by atoms with Gasteiger partial charge in [-0.15, -0.1) is 0 Å². The van der Waals surface area contributed by atoms with Crippen LogP contribution in [0.1, 0.15) is 12.5 Å². The summed E-state index contributed by atoms with van der Waals surface area (Å²) in [5, 5.41) is 14.1. The highest BCUT2D eigenvalue weighted by Gasteiger charge is 2.40. The number of aliphatic hydroxyl groups is 1. The molecule has 1 aromatic carbocycles. The normalized spacial score (nSPS) is 15.3. The van der Waals surface area contributed by atoms with Gasteiger partial charge in [-0.05, 0) is 13.0 Å². The van der Waals surface area contributed by atoms with Crippen molar-refractivity contribution in [3.05, 3.63) is 48.1 Å². The Kier molecular flexibility index (Phi) is 5.20. The molecular weight excluding hydrogens is 332 g/mol. The minimum absolute atomic E-state index is 0.126. The summed E-state index contributed by atoms with van der Waals surface area (Å²) in [5.41, 5.74) is -1.92. The maximum absolute atomic E-state index is 14.1. The standard InChI is InChI=1S/C13H13F2N3O2S2/c1-8(22-12(19)21)13(20,5-18-7-16-6-17-18)10-3-2-9(14)4-11(10)15/h2-4,6-8,20H,5H2,1H3,(H,19,21). The molecule has 5 nitrogen and oxygen atoms in total. The molecule has 0 fully saturated rings. The van der Waals surface area contributed by atoms with E-state index in [1.807, 2.05) is 0 Å². The van der Waals surface area contributed by atoms with E-state index in [0.29, 0.717) is 6.07 Å². The first-order valence-electron chi connectivity index (χ1n) is 6.23. The van der Waals surface area contributed by atoms with Crippen LogP contribution < -0.4 is 0 Å². The Hall–Kier alpha value is -1.45. The smallest absolute Gasteiger partial charge is 0.243 e. The van der Waals surface area contributed by atoms with Crippen LogP contribution in [0.25, 0.3) is 0 Å². The van der Waals surface area contributed by atoms with Crippen molar-refractivity contribution in [3.63, 3.8) is 0 Å². The lowest BCUT2D eigenvalue weighted by atomic mass is 9.90. The maximum Gasteiger partial charge on any atom is 0.243 e. The lowest BCUT2D eigenvalue weighted by Gasteiger charge is -2.33. The number of rotatable bonds is 5. The van der Waals surface area contributed by atoms with Gasteiger partial charge in [0.1, 0.15) is 29.9 Å². The average Bonchev–Trinajstić information content (AvgIpc) is 2.90. The predicted molar refractivity (Wildman–Crippen MR) is 81.7 cm³/mol. The summed E-state index contributed by atoms with van der Waals surface area (Å²) in [4.78, 5) is 15.0. The topological polar surface area (TPSA) is 68.0 Å². The van der Waals surface area contributed by atoms with Crippen molar-refractivity contribution in [1.29, 1.82) is 0 Å². The van der Waals surface area contributed by atoms with Crippen LogP contribution in [0, 0.1) is 11.6 Å². The molecule has 0 saturated carbocycles. The summed E-state index contributed by atoms with van der Waals surface area (Å²) in [7, 11) is 0. The zero-order valence-electron chi connectivity index (χ0n) is 11.5. The molecule has 0 aliphatic carbocycles. The van der Waals surface area contributed by atoms with Crippen molar-refractivity contribution >= 4 is 28.8 Å². The zero-order chi connectivity index (χ0) is 16.3. The molecule has 22 heavy (non-hydrogen) atoms. The van der Waals surface area contributed by atoms with Crippen molar-refractivity contribution in [1.82, 2.24) is 14.8 Å². The number of thiol groups is 1. The molecule has 0 amide bonds. The number of benzene rings is 1. The fourth-order valence-electron chi connectivity index (χ4n) is 2.08. The first-order valence-corrected chi connectivity index (χ1v) is 7.55. The largest absolute Gasteiger partial charge is 0.382 e. The second-order valence-corrected chi connectivity index (χ2v) is 6.69. The van der Waals surface area contributed by atoms with Gasteiger partial charge in [0.05, 0.1) is 6.54 Å². The van der Waals surface area contributed by atoms with E-state index in [0.717, 1.165) is 23.9 Å². The van der Waals surface area contributed by atoms with Crippen LogP contribution in [0.5, 0.6) is 0 Å². The van der Waals surface area contributed by atoms with E-state index in [9.17, 15) is 18.7 Å². The molecule has 0 aliphatic rings. The van der Waals surface area contributed by atoms with E-state index in [2.05, 4.69) is 22.7 Å². The van der Waals surface area contributed by atoms with Crippen molar-refractivity contribution < 1.29 is 18.7 Å². The lowest BCUT2D eigenvalue weighted by Crippen LogP contribution is -2.41. The highest BCUT2D eigenvalue weighted by atomic mass is 32.2. The van der Waals surface area contributed by atoms with Crippen molar-refractivity contribution in [2.45, 2.75) is 24.3 Å². The Morgan fingerprint density at radius 2 is 2.27 bits per heavy atom. The summed E-state index contributed by atoms with van der Waals surface area (Å²) < 4.78 is 28.0. The van der Waals surface area contributed by atoms with Gasteiger partial charge in [0.2, 0.25) is 4.45 Å². The number of hydrogen-bond donors (Lipinski definition) is 2. The minimum Gasteiger partial charge on any atom is -0.382 e. The van der Waals surface area contributed by atoms with Gasteiger partial charge in [-0.1, -0.05) is 30.5 Å². The molecule has 2 atom stereocenters. The van der Waals surface area contributed by atoms with Gasteiger partial charge < -0.3 is 5.11 Å². The van der Waals surface area contributed by atoms with Gasteiger partial charge in [-0.2, -0.15) is 5.10 Å². The Labute approximate surface area is 135 Å². The monoisotopic (exact) mass is 345 g/mol. The van der Waals surface area contributed by atoms with Crippen LogP contribution in [-0.2, 0) is 12.1 Å². The molecule has 0 spiro atoms. The molecule has 0 aliphatic heterocycles. The van der Waals surface area contributed by atoms with Gasteiger partial charge in [-0.3, -0.25) is 4.79 Å². The summed E-state index contributed by atoms with van der Waals surface area (Å²) >= 11 is 4.41. The van der Waals surface area contributed by atoms with Crippen molar-refractivity contribution in [2.24, 2.45) is 0 Å². The van der Waals surface area contributed by atoms with Crippen LogP contribution in [0.3, 0.4) is 0 Å². The number of aromatic nitrogens is 3. The van der Waals surface area contributed by atoms with Crippen LogP contribution in [0.2, 0.25) is 0 Å². The highest BCUT2D eigenvalue weighted by Crippen LogP contribution is 2.37. The zero-order valence-corrected chi connectivity index (χ0v) is 13.2. The Balaban J connectivity index is 2.45. The summed E-state index contributed by atoms with van der Waals surface area (Å²) in [5.74, 6) is -1.66. The number of carbonyl (C=O) groups excluding carboxylic acids is 1. The predicted octanol–water partition coefficient (Wildman–Crippen LogP) is 2.62. The van der Waals surface area contributed by atoms with Gasteiger partial charge in [0.25, 0.3) is 0 Å². The Bertz CT molecular complexity index is 669. The molecule has 2 aromatic rings. The number of carbonyl (C=O) groups is 1. The van der Waals surface area contributed by atoms with Crippen LogP contribution in [-0.4, -0.2) is 29.6 Å². The van der Waals surface area contributed by atoms with Gasteiger partial charge in [-0.25, -0.2) is 18.4 Å². The molecule has 0 radical (unpaired) electrons. The third-order valence-electron chi connectivity index (χ3n) is 3.22. The first-order chi connectivity index (χ1) is 10.3. The molecule has 2 unspecified atom stereocenters. The molecule has 1 N–H and O–H groups in total. The third kappa shape index (κ3) is 3.65. The quantitative estimate of drug-likeness (QED) is 0.816. The molecule has 2 rings (SSSR count). The number of hydrogen-bond acceptors (Lipinski definition) is 5. The molecule has 0 bridgehead atoms. The first kappa shape index (κ1) is 16.9.